The SMILES string of the molecule is CCOC(=O)CCn1c(=NC(=O)c2ccc(S(=O)(=O)N3CC(C)CC(C)C3)cc2)sc2cc(S(N)(=O)=O)ccc21. The molecule has 4 rings (SSSR count). The molecule has 1 amide bonds. The number of fused-ring (bicyclic) bond motifs is 1. The molecule has 216 valence electrons. The number of primary sulfonamides is 1. The lowest BCUT2D eigenvalue weighted by Gasteiger charge is -2.34. The van der Waals surface area contributed by atoms with Crippen molar-refractivity contribution in [2.75, 3.05) is 19.7 Å². The molecule has 0 aliphatic carbocycles. The number of hydrogen-bond acceptors (Lipinski definition) is 8. The highest BCUT2D eigenvalue weighted by Gasteiger charge is 2.31. The summed E-state index contributed by atoms with van der Waals surface area (Å²) < 4.78 is 58.7. The second-order valence-electron chi connectivity index (χ2n) is 9.98. The average Bonchev–Trinajstić information content (AvgIpc) is 3.22. The zero-order valence-electron chi connectivity index (χ0n) is 22.4. The smallest absolute Gasteiger partial charge is 0.307 e. The summed E-state index contributed by atoms with van der Waals surface area (Å²) in [6.45, 7) is 7.03. The number of carbonyl (C=O) groups excluding carboxylic acids is 2. The van der Waals surface area contributed by atoms with Crippen molar-refractivity contribution >= 4 is 53.5 Å². The Morgan fingerprint density at radius 1 is 1.02 bits per heavy atom. The lowest BCUT2D eigenvalue weighted by atomic mass is 9.94. The van der Waals surface area contributed by atoms with Crippen molar-refractivity contribution in [2.24, 2.45) is 22.0 Å². The van der Waals surface area contributed by atoms with Gasteiger partial charge in [0, 0.05) is 25.2 Å². The van der Waals surface area contributed by atoms with Gasteiger partial charge in [-0.1, -0.05) is 25.2 Å². The maximum Gasteiger partial charge on any atom is 0.307 e. The summed E-state index contributed by atoms with van der Waals surface area (Å²) in [4.78, 5) is 29.6. The Morgan fingerprint density at radius 3 is 2.25 bits per heavy atom. The Hall–Kier alpha value is -2.91. The number of aromatic nitrogens is 1. The molecular formula is C26H32N4O7S3. The van der Waals surface area contributed by atoms with Crippen LogP contribution in [0.15, 0.2) is 57.2 Å². The molecule has 0 saturated carbocycles. The Bertz CT molecular complexity index is 1700. The van der Waals surface area contributed by atoms with E-state index in [9.17, 15) is 26.4 Å². The molecule has 1 saturated heterocycles. The first-order valence-electron chi connectivity index (χ1n) is 12.8. The number of nitrogens with zero attached hydrogens (tertiary/aromatic N) is 3. The summed E-state index contributed by atoms with van der Waals surface area (Å²) in [6, 6.07) is 9.93. The van der Waals surface area contributed by atoms with E-state index < -0.39 is 31.9 Å². The number of rotatable bonds is 8. The van der Waals surface area contributed by atoms with Crippen molar-refractivity contribution in [3.63, 3.8) is 0 Å². The minimum absolute atomic E-state index is 0.0122. The monoisotopic (exact) mass is 608 g/mol. The second-order valence-corrected chi connectivity index (χ2v) is 14.5. The van der Waals surface area contributed by atoms with Crippen LogP contribution >= 0.6 is 11.3 Å². The molecule has 2 heterocycles. The van der Waals surface area contributed by atoms with Crippen LogP contribution in [0.1, 0.15) is 44.0 Å². The first-order chi connectivity index (χ1) is 18.8. The van der Waals surface area contributed by atoms with Gasteiger partial charge >= 0.3 is 5.97 Å². The Labute approximate surface area is 237 Å². The molecule has 3 aromatic rings. The number of hydrogen-bond donors (Lipinski definition) is 1. The normalized spacial score (nSPS) is 19.1. The van der Waals surface area contributed by atoms with Gasteiger partial charge in [-0.05, 0) is 67.6 Å². The van der Waals surface area contributed by atoms with Gasteiger partial charge in [0.05, 0.1) is 33.0 Å². The number of nitrogens with two attached hydrogens (primary N) is 1. The summed E-state index contributed by atoms with van der Waals surface area (Å²) in [6.07, 6.45) is 0.986. The third-order valence-electron chi connectivity index (χ3n) is 6.60. The lowest BCUT2D eigenvalue weighted by Crippen LogP contribution is -2.42. The van der Waals surface area contributed by atoms with Crippen LogP contribution < -0.4 is 9.94 Å². The minimum Gasteiger partial charge on any atom is -0.466 e. The van der Waals surface area contributed by atoms with Crippen molar-refractivity contribution in [3.05, 3.63) is 52.8 Å². The van der Waals surface area contributed by atoms with E-state index in [1.165, 1.54) is 40.7 Å². The van der Waals surface area contributed by atoms with Crippen molar-refractivity contribution < 1.29 is 31.2 Å². The van der Waals surface area contributed by atoms with Gasteiger partial charge in [0.2, 0.25) is 20.0 Å². The highest BCUT2D eigenvalue weighted by atomic mass is 32.2. The second kappa shape index (κ2) is 11.9. The average molecular weight is 609 g/mol. The molecule has 0 bridgehead atoms. The number of piperidine rings is 1. The van der Waals surface area contributed by atoms with E-state index in [-0.39, 0.29) is 51.6 Å². The number of aryl methyl sites for hydroxylation is 1. The Morgan fingerprint density at radius 2 is 1.65 bits per heavy atom. The van der Waals surface area contributed by atoms with Crippen LogP contribution in [0.25, 0.3) is 10.2 Å². The van der Waals surface area contributed by atoms with Crippen molar-refractivity contribution in [1.29, 1.82) is 0 Å². The summed E-state index contributed by atoms with van der Waals surface area (Å²) in [5.41, 5.74) is 0.749. The van der Waals surface area contributed by atoms with Gasteiger partial charge in [-0.15, -0.1) is 0 Å². The maximum atomic E-state index is 13.2. The molecule has 1 aliphatic heterocycles. The largest absolute Gasteiger partial charge is 0.466 e. The standard InChI is InChI=1S/C26H32N4O7S3/c1-4-37-24(31)11-12-30-22-10-9-21(39(27,33)34)14-23(22)38-26(30)28-25(32)19-5-7-20(8-6-19)40(35,36)29-15-17(2)13-18(3)16-29/h5-10,14,17-18H,4,11-13,15-16H2,1-3H3,(H2,27,33,34). The van der Waals surface area contributed by atoms with Crippen molar-refractivity contribution in [2.45, 2.75) is 49.9 Å². The molecule has 11 nitrogen and oxygen atoms in total. The highest BCUT2D eigenvalue weighted by Crippen LogP contribution is 2.27. The molecular weight excluding hydrogens is 577 g/mol. The minimum atomic E-state index is -3.95. The van der Waals surface area contributed by atoms with Crippen LogP contribution in [0.2, 0.25) is 0 Å². The number of thiazole rings is 1. The van der Waals surface area contributed by atoms with Crippen LogP contribution in [0, 0.1) is 11.8 Å². The van der Waals surface area contributed by atoms with Crippen LogP contribution in [-0.4, -0.2) is 57.3 Å². The Kier molecular flexibility index (Phi) is 8.95. The highest BCUT2D eigenvalue weighted by molar-refractivity contribution is 7.89. The molecule has 40 heavy (non-hydrogen) atoms. The van der Waals surface area contributed by atoms with Gasteiger partial charge in [0.25, 0.3) is 5.91 Å². The molecule has 0 spiro atoms. The van der Waals surface area contributed by atoms with E-state index >= 15 is 0 Å². The number of ether oxygens (including phenoxy) is 1. The summed E-state index contributed by atoms with van der Waals surface area (Å²) in [5.74, 6) is -0.526. The molecule has 0 radical (unpaired) electrons. The van der Waals surface area contributed by atoms with E-state index in [4.69, 9.17) is 9.88 Å². The lowest BCUT2D eigenvalue weighted by molar-refractivity contribution is -0.143. The van der Waals surface area contributed by atoms with Gasteiger partial charge in [-0.2, -0.15) is 9.30 Å². The number of sulfonamides is 2. The zero-order chi connectivity index (χ0) is 29.2. The van der Waals surface area contributed by atoms with Gasteiger partial charge in [-0.3, -0.25) is 9.59 Å². The molecule has 2 aromatic carbocycles. The van der Waals surface area contributed by atoms with E-state index in [0.29, 0.717) is 23.3 Å². The number of esters is 1. The molecule has 2 unspecified atom stereocenters. The fourth-order valence-electron chi connectivity index (χ4n) is 4.84. The van der Waals surface area contributed by atoms with Crippen molar-refractivity contribution in [3.8, 4) is 0 Å². The fraction of sp³-hybridized carbons (Fsp3) is 0.423. The van der Waals surface area contributed by atoms with Crippen LogP contribution in [0.3, 0.4) is 0 Å². The molecule has 2 atom stereocenters. The van der Waals surface area contributed by atoms with Crippen LogP contribution in [0.4, 0.5) is 0 Å². The van der Waals surface area contributed by atoms with E-state index in [0.717, 1.165) is 17.8 Å². The first kappa shape index (κ1) is 30.1. The zero-order valence-corrected chi connectivity index (χ0v) is 24.9. The molecule has 2 N–H and O–H groups in total. The summed E-state index contributed by atoms with van der Waals surface area (Å²) in [5, 5.41) is 5.27. The maximum absolute atomic E-state index is 13.2. The predicted octanol–water partition coefficient (Wildman–Crippen LogP) is 2.71. The number of amides is 1. The molecule has 14 heteroatoms. The molecule has 1 fully saturated rings. The molecule has 1 aliphatic rings. The predicted molar refractivity (Wildman–Crippen MR) is 150 cm³/mol. The Balaban J connectivity index is 1.67. The first-order valence-corrected chi connectivity index (χ1v) is 16.6. The van der Waals surface area contributed by atoms with Gasteiger partial charge in [0.1, 0.15) is 0 Å². The molecule has 1 aromatic heterocycles. The third kappa shape index (κ3) is 6.69. The van der Waals surface area contributed by atoms with E-state index in [1.807, 2.05) is 13.8 Å². The van der Waals surface area contributed by atoms with Gasteiger partial charge in [-0.25, -0.2) is 22.0 Å². The van der Waals surface area contributed by atoms with E-state index in [2.05, 4.69) is 4.99 Å². The summed E-state index contributed by atoms with van der Waals surface area (Å²) in [7, 11) is -7.66. The van der Waals surface area contributed by atoms with Gasteiger partial charge < -0.3 is 9.30 Å². The van der Waals surface area contributed by atoms with Crippen molar-refractivity contribution in [1.82, 2.24) is 8.87 Å². The topological polar surface area (TPSA) is 158 Å². The van der Waals surface area contributed by atoms with Crippen LogP contribution in [-0.2, 0) is 36.1 Å². The quantitative estimate of drug-likeness (QED) is 0.385. The fourth-order valence-corrected chi connectivity index (χ4v) is 8.23. The number of benzene rings is 2. The van der Waals surface area contributed by atoms with Crippen LogP contribution in [0.5, 0.6) is 0 Å². The van der Waals surface area contributed by atoms with E-state index in [1.54, 1.807) is 17.6 Å². The third-order valence-corrected chi connectivity index (χ3v) is 10.4. The summed E-state index contributed by atoms with van der Waals surface area (Å²) >= 11 is 1.07. The van der Waals surface area contributed by atoms with Gasteiger partial charge in [0.15, 0.2) is 4.80 Å². The number of carbonyl (C=O) groups is 2.